The molecule has 0 radical (unpaired) electrons. The minimum Gasteiger partial charge on any atom is -0.497 e. The molecule has 21 heavy (non-hydrogen) atoms. The maximum atomic E-state index is 12.4. The molecular formula is C17H25NO3. The molecule has 1 aromatic rings. The normalized spacial score (nSPS) is 21.1. The molecular weight excluding hydrogens is 266 g/mol. The van der Waals surface area contributed by atoms with Gasteiger partial charge in [-0.05, 0) is 37.0 Å². The number of amides is 1. The molecule has 4 heteroatoms. The van der Waals surface area contributed by atoms with Crippen LogP contribution in [0.15, 0.2) is 24.3 Å². The standard InChI is InChI=1S/C17H25NO3/c1-12(14-5-4-6-16(10-14)21-3)9-17(20)18-8-7-15(11-18)13(2)19/h4-6,10,12-13,15,19H,7-9,11H2,1-3H3. The smallest absolute Gasteiger partial charge is 0.223 e. The van der Waals surface area contributed by atoms with Crippen molar-refractivity contribution in [3.8, 4) is 5.75 Å². The number of methoxy groups -OCH3 is 1. The van der Waals surface area contributed by atoms with Crippen LogP contribution in [0, 0.1) is 5.92 Å². The Hall–Kier alpha value is -1.55. The molecule has 0 bridgehead atoms. The van der Waals surface area contributed by atoms with E-state index in [0.29, 0.717) is 13.0 Å². The Morgan fingerprint density at radius 1 is 1.48 bits per heavy atom. The van der Waals surface area contributed by atoms with Crippen molar-refractivity contribution in [2.45, 2.75) is 38.7 Å². The molecule has 1 heterocycles. The van der Waals surface area contributed by atoms with Crippen LogP contribution in [0.4, 0.5) is 0 Å². The zero-order valence-electron chi connectivity index (χ0n) is 13.1. The van der Waals surface area contributed by atoms with Crippen LogP contribution >= 0.6 is 0 Å². The fourth-order valence-corrected chi connectivity index (χ4v) is 2.86. The van der Waals surface area contributed by atoms with Crippen LogP contribution in [0.2, 0.25) is 0 Å². The number of benzene rings is 1. The lowest BCUT2D eigenvalue weighted by Gasteiger charge is -2.20. The molecule has 3 unspecified atom stereocenters. The molecule has 2 rings (SSSR count). The van der Waals surface area contributed by atoms with Crippen LogP contribution < -0.4 is 4.74 Å². The highest BCUT2D eigenvalue weighted by molar-refractivity contribution is 5.77. The van der Waals surface area contributed by atoms with Crippen LogP contribution in [0.5, 0.6) is 5.75 Å². The van der Waals surface area contributed by atoms with E-state index in [1.807, 2.05) is 29.2 Å². The lowest BCUT2D eigenvalue weighted by atomic mass is 9.97. The van der Waals surface area contributed by atoms with Gasteiger partial charge in [0.15, 0.2) is 0 Å². The fraction of sp³-hybridized carbons (Fsp3) is 0.588. The number of likely N-dealkylation sites (tertiary alicyclic amines) is 1. The van der Waals surface area contributed by atoms with Crippen LogP contribution in [0.1, 0.15) is 38.2 Å². The Kier molecular flexibility index (Phi) is 5.23. The number of carbonyl (C=O) groups is 1. The zero-order valence-corrected chi connectivity index (χ0v) is 13.1. The highest BCUT2D eigenvalue weighted by atomic mass is 16.5. The molecule has 116 valence electrons. The Morgan fingerprint density at radius 3 is 2.86 bits per heavy atom. The molecule has 1 N–H and O–H groups in total. The van der Waals surface area contributed by atoms with Crippen molar-refractivity contribution in [2.75, 3.05) is 20.2 Å². The second-order valence-electron chi connectivity index (χ2n) is 6.01. The highest BCUT2D eigenvalue weighted by Crippen LogP contribution is 2.26. The topological polar surface area (TPSA) is 49.8 Å². The van der Waals surface area contributed by atoms with Crippen molar-refractivity contribution in [3.05, 3.63) is 29.8 Å². The molecule has 4 nitrogen and oxygen atoms in total. The number of hydrogen-bond donors (Lipinski definition) is 1. The van der Waals surface area contributed by atoms with E-state index in [1.54, 1.807) is 14.0 Å². The van der Waals surface area contributed by atoms with E-state index in [9.17, 15) is 9.90 Å². The summed E-state index contributed by atoms with van der Waals surface area (Å²) in [6, 6.07) is 7.88. The van der Waals surface area contributed by atoms with Crippen LogP contribution in [-0.2, 0) is 4.79 Å². The Balaban J connectivity index is 1.93. The minimum atomic E-state index is -0.335. The van der Waals surface area contributed by atoms with E-state index in [-0.39, 0.29) is 23.8 Å². The van der Waals surface area contributed by atoms with Gasteiger partial charge in [0.2, 0.25) is 5.91 Å². The highest BCUT2D eigenvalue weighted by Gasteiger charge is 2.29. The molecule has 1 amide bonds. The van der Waals surface area contributed by atoms with Gasteiger partial charge in [0.1, 0.15) is 5.75 Å². The fourth-order valence-electron chi connectivity index (χ4n) is 2.86. The summed E-state index contributed by atoms with van der Waals surface area (Å²) in [5, 5.41) is 9.62. The predicted octanol–water partition coefficient (Wildman–Crippen LogP) is 2.42. The summed E-state index contributed by atoms with van der Waals surface area (Å²) in [7, 11) is 1.65. The van der Waals surface area contributed by atoms with E-state index in [4.69, 9.17) is 4.74 Å². The average Bonchev–Trinajstić information content (AvgIpc) is 2.97. The number of aliphatic hydroxyl groups is 1. The minimum absolute atomic E-state index is 0.165. The largest absolute Gasteiger partial charge is 0.497 e. The Morgan fingerprint density at radius 2 is 2.24 bits per heavy atom. The van der Waals surface area contributed by atoms with E-state index in [2.05, 4.69) is 6.92 Å². The van der Waals surface area contributed by atoms with E-state index < -0.39 is 0 Å². The van der Waals surface area contributed by atoms with Crippen molar-refractivity contribution < 1.29 is 14.6 Å². The van der Waals surface area contributed by atoms with Gasteiger partial charge in [-0.25, -0.2) is 0 Å². The van der Waals surface area contributed by atoms with Gasteiger partial charge in [-0.3, -0.25) is 4.79 Å². The molecule has 0 saturated carbocycles. The third-order valence-corrected chi connectivity index (χ3v) is 4.40. The van der Waals surface area contributed by atoms with Gasteiger partial charge in [-0.2, -0.15) is 0 Å². The first kappa shape index (κ1) is 15.8. The summed E-state index contributed by atoms with van der Waals surface area (Å²) in [4.78, 5) is 14.2. The summed E-state index contributed by atoms with van der Waals surface area (Å²) < 4.78 is 5.23. The quantitative estimate of drug-likeness (QED) is 0.906. The van der Waals surface area contributed by atoms with Gasteiger partial charge in [0.05, 0.1) is 13.2 Å². The van der Waals surface area contributed by atoms with Gasteiger partial charge in [-0.1, -0.05) is 19.1 Å². The number of carbonyl (C=O) groups excluding carboxylic acids is 1. The Labute approximate surface area is 126 Å². The first-order valence-corrected chi connectivity index (χ1v) is 7.61. The van der Waals surface area contributed by atoms with Crippen LogP contribution in [0.3, 0.4) is 0 Å². The molecule has 1 aliphatic rings. The number of aliphatic hydroxyl groups excluding tert-OH is 1. The first-order chi connectivity index (χ1) is 10.0. The molecule has 3 atom stereocenters. The lowest BCUT2D eigenvalue weighted by Crippen LogP contribution is -2.31. The summed E-state index contributed by atoms with van der Waals surface area (Å²) in [5.74, 6) is 1.38. The monoisotopic (exact) mass is 291 g/mol. The maximum absolute atomic E-state index is 12.4. The first-order valence-electron chi connectivity index (χ1n) is 7.61. The number of rotatable bonds is 5. The number of nitrogens with zero attached hydrogens (tertiary/aromatic N) is 1. The summed E-state index contributed by atoms with van der Waals surface area (Å²) >= 11 is 0. The molecule has 1 aromatic carbocycles. The SMILES string of the molecule is COc1cccc(C(C)CC(=O)N2CCC(C(C)O)C2)c1. The van der Waals surface area contributed by atoms with Gasteiger partial charge in [-0.15, -0.1) is 0 Å². The van der Waals surface area contributed by atoms with E-state index >= 15 is 0 Å². The van der Waals surface area contributed by atoms with Crippen molar-refractivity contribution in [2.24, 2.45) is 5.92 Å². The van der Waals surface area contributed by atoms with Crippen LogP contribution in [0.25, 0.3) is 0 Å². The molecule has 1 fully saturated rings. The third kappa shape index (κ3) is 3.97. The van der Waals surface area contributed by atoms with Gasteiger partial charge in [0, 0.05) is 25.4 Å². The summed E-state index contributed by atoms with van der Waals surface area (Å²) in [5.41, 5.74) is 1.12. The second kappa shape index (κ2) is 6.94. The molecule has 0 aromatic heterocycles. The summed E-state index contributed by atoms with van der Waals surface area (Å²) in [6.45, 7) is 5.31. The molecule has 1 saturated heterocycles. The Bertz CT molecular complexity index is 487. The molecule has 0 aliphatic carbocycles. The van der Waals surface area contributed by atoms with E-state index in [0.717, 1.165) is 24.3 Å². The average molecular weight is 291 g/mol. The van der Waals surface area contributed by atoms with E-state index in [1.165, 1.54) is 0 Å². The molecule has 0 spiro atoms. The molecule has 1 aliphatic heterocycles. The predicted molar refractivity (Wildman–Crippen MR) is 82.4 cm³/mol. The summed E-state index contributed by atoms with van der Waals surface area (Å²) in [6.07, 6.45) is 1.06. The number of hydrogen-bond acceptors (Lipinski definition) is 3. The number of ether oxygens (including phenoxy) is 1. The van der Waals surface area contributed by atoms with Crippen molar-refractivity contribution in [1.29, 1.82) is 0 Å². The van der Waals surface area contributed by atoms with Gasteiger partial charge < -0.3 is 14.7 Å². The second-order valence-corrected chi connectivity index (χ2v) is 6.01. The van der Waals surface area contributed by atoms with Crippen molar-refractivity contribution in [1.82, 2.24) is 4.90 Å². The van der Waals surface area contributed by atoms with Gasteiger partial charge in [0.25, 0.3) is 0 Å². The zero-order chi connectivity index (χ0) is 15.4. The van der Waals surface area contributed by atoms with Gasteiger partial charge >= 0.3 is 0 Å². The maximum Gasteiger partial charge on any atom is 0.223 e. The third-order valence-electron chi connectivity index (χ3n) is 4.40. The lowest BCUT2D eigenvalue weighted by molar-refractivity contribution is -0.130. The van der Waals surface area contributed by atoms with Crippen molar-refractivity contribution in [3.63, 3.8) is 0 Å². The van der Waals surface area contributed by atoms with Crippen molar-refractivity contribution >= 4 is 5.91 Å². The van der Waals surface area contributed by atoms with Crippen LogP contribution in [-0.4, -0.2) is 42.2 Å².